The largest absolute Gasteiger partial charge is 0.492 e. The first-order chi connectivity index (χ1) is 18.1. The van der Waals surface area contributed by atoms with Crippen molar-refractivity contribution in [3.63, 3.8) is 0 Å². The molecule has 1 aliphatic heterocycles. The molecule has 0 amide bonds. The summed E-state index contributed by atoms with van der Waals surface area (Å²) in [6.45, 7) is 2.00. The van der Waals surface area contributed by atoms with Crippen LogP contribution in [0.3, 0.4) is 0 Å². The number of halogens is 6. The molecule has 0 bridgehead atoms. The number of hydrogen-bond acceptors (Lipinski definition) is 5. The maximum absolute atomic E-state index is 14.1. The molecular weight excluding hydrogens is 528 g/mol. The number of hydrogen-bond donors (Lipinski definition) is 2. The number of nitrogens with zero attached hydrogens (tertiary/aromatic N) is 3. The predicted molar refractivity (Wildman–Crippen MR) is 130 cm³/mol. The van der Waals surface area contributed by atoms with Gasteiger partial charge in [0.2, 0.25) is 0 Å². The Morgan fingerprint density at radius 2 is 1.67 bits per heavy atom. The molecule has 0 radical (unpaired) electrons. The van der Waals surface area contributed by atoms with Crippen molar-refractivity contribution in [3.05, 3.63) is 59.4 Å². The molecule has 2 unspecified atom stereocenters. The third-order valence-corrected chi connectivity index (χ3v) is 7.96. The number of likely N-dealkylation sites (N-methyl/N-ethyl adjacent to an activating group) is 1. The smallest absolute Gasteiger partial charge is 0.418 e. The second kappa shape index (κ2) is 9.38. The molecular formula is C27H29F6N3O3. The van der Waals surface area contributed by atoms with Gasteiger partial charge in [-0.2, -0.15) is 26.3 Å². The van der Waals surface area contributed by atoms with E-state index in [4.69, 9.17) is 4.74 Å². The highest BCUT2D eigenvalue weighted by Crippen LogP contribution is 2.45. The van der Waals surface area contributed by atoms with E-state index in [2.05, 4.69) is 4.98 Å². The molecule has 1 saturated carbocycles. The molecule has 2 atom stereocenters. The Bertz CT molecular complexity index is 1340. The van der Waals surface area contributed by atoms with Crippen LogP contribution in [-0.2, 0) is 18.0 Å². The van der Waals surface area contributed by atoms with Crippen LogP contribution < -0.4 is 4.74 Å². The fourth-order valence-corrected chi connectivity index (χ4v) is 5.68. The lowest BCUT2D eigenvalue weighted by atomic mass is 9.77. The monoisotopic (exact) mass is 557 g/mol. The topological polar surface area (TPSA) is 70.8 Å². The molecule has 2 aliphatic rings. The molecule has 6 nitrogen and oxygen atoms in total. The summed E-state index contributed by atoms with van der Waals surface area (Å²) in [5.41, 5.74) is -3.65. The molecule has 1 aromatic heterocycles. The van der Waals surface area contributed by atoms with Gasteiger partial charge in [-0.3, -0.25) is 4.90 Å². The SMILES string of the molecule is CN1CCC(O)(c2ccc(C(F)(F)F)cc2)CC1COc1cc(C(F)(F)F)c2c(c1)ncn2C1CC(C)(O)C1. The van der Waals surface area contributed by atoms with Gasteiger partial charge in [-0.05, 0) is 63.4 Å². The Kier molecular flexibility index (Phi) is 6.67. The highest BCUT2D eigenvalue weighted by molar-refractivity contribution is 5.82. The van der Waals surface area contributed by atoms with Crippen molar-refractivity contribution in [1.82, 2.24) is 14.5 Å². The number of rotatable bonds is 5. The summed E-state index contributed by atoms with van der Waals surface area (Å²) in [6, 6.07) is 6.03. The Labute approximate surface area is 220 Å². The van der Waals surface area contributed by atoms with Crippen LogP contribution in [0.2, 0.25) is 0 Å². The van der Waals surface area contributed by atoms with E-state index < -0.39 is 40.7 Å². The van der Waals surface area contributed by atoms with Gasteiger partial charge < -0.3 is 19.5 Å². The van der Waals surface area contributed by atoms with E-state index in [1.165, 1.54) is 29.1 Å². The molecule has 12 heteroatoms. The van der Waals surface area contributed by atoms with E-state index >= 15 is 0 Å². The fraction of sp³-hybridized carbons (Fsp3) is 0.519. The van der Waals surface area contributed by atoms with Crippen LogP contribution in [0, 0.1) is 0 Å². The Balaban J connectivity index is 1.35. The molecule has 1 saturated heterocycles. The van der Waals surface area contributed by atoms with Crippen molar-refractivity contribution in [2.75, 3.05) is 20.2 Å². The van der Waals surface area contributed by atoms with E-state index in [1.807, 2.05) is 4.90 Å². The summed E-state index contributed by atoms with van der Waals surface area (Å²) in [5.74, 6) is -0.0299. The summed E-state index contributed by atoms with van der Waals surface area (Å²) in [5, 5.41) is 21.3. The molecule has 1 aliphatic carbocycles. The molecule has 3 aromatic rings. The zero-order valence-corrected chi connectivity index (χ0v) is 21.4. The van der Waals surface area contributed by atoms with Crippen molar-refractivity contribution >= 4 is 11.0 Å². The molecule has 2 heterocycles. The number of aliphatic hydroxyl groups is 2. The number of imidazole rings is 1. The van der Waals surface area contributed by atoms with Gasteiger partial charge in [0, 0.05) is 24.7 Å². The van der Waals surface area contributed by atoms with Gasteiger partial charge in [0.05, 0.1) is 39.7 Å². The summed E-state index contributed by atoms with van der Waals surface area (Å²) < 4.78 is 88.4. The lowest BCUT2D eigenvalue weighted by Gasteiger charge is -2.42. The maximum atomic E-state index is 14.1. The zero-order valence-electron chi connectivity index (χ0n) is 21.4. The van der Waals surface area contributed by atoms with Crippen LogP contribution in [0.5, 0.6) is 5.75 Å². The Morgan fingerprint density at radius 3 is 2.26 bits per heavy atom. The third-order valence-electron chi connectivity index (χ3n) is 7.96. The summed E-state index contributed by atoms with van der Waals surface area (Å²) >= 11 is 0. The minimum atomic E-state index is -4.67. The summed E-state index contributed by atoms with van der Waals surface area (Å²) in [4.78, 5) is 6.07. The van der Waals surface area contributed by atoms with Crippen molar-refractivity contribution in [2.45, 2.75) is 68.2 Å². The Hall–Kier alpha value is -2.83. The fourth-order valence-electron chi connectivity index (χ4n) is 5.68. The number of aromatic nitrogens is 2. The van der Waals surface area contributed by atoms with Crippen LogP contribution >= 0.6 is 0 Å². The zero-order chi connectivity index (χ0) is 28.4. The van der Waals surface area contributed by atoms with E-state index in [0.29, 0.717) is 24.9 Å². The van der Waals surface area contributed by atoms with Gasteiger partial charge in [0.25, 0.3) is 0 Å². The van der Waals surface area contributed by atoms with E-state index in [1.54, 1.807) is 14.0 Å². The van der Waals surface area contributed by atoms with E-state index in [-0.39, 0.29) is 42.3 Å². The minimum absolute atomic E-state index is 0.0299. The van der Waals surface area contributed by atoms with Gasteiger partial charge in [0.1, 0.15) is 12.4 Å². The molecule has 2 N–H and O–H groups in total. The van der Waals surface area contributed by atoms with Crippen molar-refractivity contribution in [1.29, 1.82) is 0 Å². The van der Waals surface area contributed by atoms with Crippen molar-refractivity contribution in [2.24, 2.45) is 0 Å². The summed E-state index contributed by atoms with van der Waals surface area (Å²) in [6.07, 6.45) is -6.77. The van der Waals surface area contributed by atoms with Crippen molar-refractivity contribution < 1.29 is 41.3 Å². The summed E-state index contributed by atoms with van der Waals surface area (Å²) in [7, 11) is 1.79. The number of alkyl halides is 6. The molecule has 2 fully saturated rings. The Morgan fingerprint density at radius 1 is 1.00 bits per heavy atom. The van der Waals surface area contributed by atoms with Gasteiger partial charge in [0.15, 0.2) is 0 Å². The second-order valence-corrected chi connectivity index (χ2v) is 11.1. The number of benzene rings is 2. The molecule has 5 rings (SSSR count). The van der Waals surface area contributed by atoms with Crippen LogP contribution in [0.15, 0.2) is 42.7 Å². The quantitative estimate of drug-likeness (QED) is 0.405. The van der Waals surface area contributed by atoms with Crippen LogP contribution in [0.1, 0.15) is 55.3 Å². The number of ether oxygens (including phenoxy) is 1. The van der Waals surface area contributed by atoms with Gasteiger partial charge in [-0.25, -0.2) is 4.98 Å². The number of piperidine rings is 1. The average Bonchev–Trinajstić information content (AvgIpc) is 3.25. The number of fused-ring (bicyclic) bond motifs is 1. The molecule has 2 aromatic carbocycles. The van der Waals surface area contributed by atoms with Crippen LogP contribution in [0.4, 0.5) is 26.3 Å². The molecule has 0 spiro atoms. The lowest BCUT2D eigenvalue weighted by Crippen LogP contribution is -2.49. The standard InChI is InChI=1S/C27H29F6N3O3/c1-24(37)11-18(12-24)36-15-34-22-10-20(9-21(23(22)36)27(31,32)33)39-14-19-13-25(38,7-8-35(19)2)16-3-5-17(6-4-16)26(28,29)30/h3-6,9-10,15,18-19,37-38H,7-8,11-14H2,1-2H3. The second-order valence-electron chi connectivity index (χ2n) is 11.1. The normalized spacial score (nSPS) is 28.5. The van der Waals surface area contributed by atoms with Gasteiger partial charge in [-0.1, -0.05) is 12.1 Å². The first kappa shape index (κ1) is 27.7. The molecule has 39 heavy (non-hydrogen) atoms. The minimum Gasteiger partial charge on any atom is -0.492 e. The van der Waals surface area contributed by atoms with Gasteiger partial charge in [-0.15, -0.1) is 0 Å². The van der Waals surface area contributed by atoms with Crippen LogP contribution in [-0.4, -0.2) is 56.5 Å². The van der Waals surface area contributed by atoms with E-state index in [0.717, 1.165) is 18.2 Å². The highest BCUT2D eigenvalue weighted by atomic mass is 19.4. The third kappa shape index (κ3) is 5.46. The van der Waals surface area contributed by atoms with Crippen molar-refractivity contribution in [3.8, 4) is 5.75 Å². The lowest BCUT2D eigenvalue weighted by molar-refractivity contribution is -0.138. The van der Waals surface area contributed by atoms with Gasteiger partial charge >= 0.3 is 12.4 Å². The average molecular weight is 558 g/mol. The maximum Gasteiger partial charge on any atom is 0.418 e. The first-order valence-electron chi connectivity index (χ1n) is 12.6. The van der Waals surface area contributed by atoms with E-state index in [9.17, 15) is 36.6 Å². The molecule has 212 valence electrons. The highest BCUT2D eigenvalue weighted by Gasteiger charge is 2.43. The number of likely N-dealkylation sites (tertiary alicyclic amines) is 1. The first-order valence-corrected chi connectivity index (χ1v) is 12.6. The van der Waals surface area contributed by atoms with Crippen LogP contribution in [0.25, 0.3) is 11.0 Å². The predicted octanol–water partition coefficient (Wildman–Crippen LogP) is 5.52.